The second kappa shape index (κ2) is 7.25. The Kier molecular flexibility index (Phi) is 5.64. The fraction of sp³-hybridized carbons (Fsp3) is 0.933. The molecule has 2 rings (SSSR count). The number of nitrogens with two attached hydrogens (primary N) is 1. The van der Waals surface area contributed by atoms with Crippen LogP contribution in [0.1, 0.15) is 51.9 Å². The van der Waals surface area contributed by atoms with E-state index in [1.807, 2.05) is 0 Å². The van der Waals surface area contributed by atoms with Gasteiger partial charge in [-0.3, -0.25) is 9.69 Å². The summed E-state index contributed by atoms with van der Waals surface area (Å²) in [6, 6.07) is 0.769. The van der Waals surface area contributed by atoms with Gasteiger partial charge in [-0.25, -0.2) is 0 Å². The van der Waals surface area contributed by atoms with Crippen LogP contribution >= 0.6 is 0 Å². The van der Waals surface area contributed by atoms with Gasteiger partial charge < -0.3 is 10.6 Å². The molecule has 0 aromatic carbocycles. The van der Waals surface area contributed by atoms with E-state index in [9.17, 15) is 4.79 Å². The summed E-state index contributed by atoms with van der Waals surface area (Å²) < 4.78 is 0. The maximum Gasteiger partial charge on any atom is 0.236 e. The topological polar surface area (TPSA) is 49.6 Å². The minimum absolute atomic E-state index is 0.322. The van der Waals surface area contributed by atoms with E-state index in [2.05, 4.69) is 16.7 Å². The Balaban J connectivity index is 1.81. The normalized spacial score (nSPS) is 30.7. The lowest BCUT2D eigenvalue weighted by Gasteiger charge is -2.37. The van der Waals surface area contributed by atoms with Gasteiger partial charge in [0.15, 0.2) is 0 Å². The zero-order chi connectivity index (χ0) is 13.7. The van der Waals surface area contributed by atoms with Gasteiger partial charge in [-0.2, -0.15) is 0 Å². The number of hydrogen-bond donors (Lipinski definition) is 1. The number of carbonyl (C=O) groups is 1. The number of nitrogens with zero attached hydrogens (tertiary/aromatic N) is 2. The summed E-state index contributed by atoms with van der Waals surface area (Å²) in [4.78, 5) is 16.8. The number of amides is 1. The van der Waals surface area contributed by atoms with Crippen LogP contribution in [0, 0.1) is 0 Å². The highest BCUT2D eigenvalue weighted by Gasteiger charge is 2.26. The molecule has 0 radical (unpaired) electrons. The second-order valence-corrected chi connectivity index (χ2v) is 6.25. The van der Waals surface area contributed by atoms with Crippen molar-refractivity contribution in [3.8, 4) is 0 Å². The Morgan fingerprint density at radius 2 is 1.74 bits per heavy atom. The van der Waals surface area contributed by atoms with E-state index >= 15 is 0 Å². The predicted octanol–water partition coefficient (Wildman–Crippen LogP) is 1.59. The first-order valence-corrected chi connectivity index (χ1v) is 7.94. The molecule has 2 heterocycles. The summed E-state index contributed by atoms with van der Waals surface area (Å²) in [5.41, 5.74) is 5.98. The molecule has 2 N–H and O–H groups in total. The maximum atomic E-state index is 12.4. The molecule has 0 spiro atoms. The summed E-state index contributed by atoms with van der Waals surface area (Å²) in [5.74, 6) is 0.323. The van der Waals surface area contributed by atoms with Gasteiger partial charge in [-0.05, 0) is 32.6 Å². The maximum absolute atomic E-state index is 12.4. The van der Waals surface area contributed by atoms with Crippen molar-refractivity contribution in [3.63, 3.8) is 0 Å². The molecule has 2 atom stereocenters. The largest absolute Gasteiger partial charge is 0.342 e. The molecule has 2 aliphatic rings. The fourth-order valence-corrected chi connectivity index (χ4v) is 3.26. The van der Waals surface area contributed by atoms with Gasteiger partial charge in [0.2, 0.25) is 5.91 Å². The summed E-state index contributed by atoms with van der Waals surface area (Å²) in [7, 11) is 0. The van der Waals surface area contributed by atoms with Crippen molar-refractivity contribution in [3.05, 3.63) is 0 Å². The predicted molar refractivity (Wildman–Crippen MR) is 77.9 cm³/mol. The van der Waals surface area contributed by atoms with Crippen molar-refractivity contribution in [1.82, 2.24) is 9.80 Å². The Hall–Kier alpha value is -0.610. The van der Waals surface area contributed by atoms with E-state index in [1.54, 1.807) is 0 Å². The van der Waals surface area contributed by atoms with E-state index in [1.165, 1.54) is 32.1 Å². The second-order valence-electron chi connectivity index (χ2n) is 6.25. The quantitative estimate of drug-likeness (QED) is 0.826. The molecule has 0 aromatic heterocycles. The Morgan fingerprint density at radius 3 is 2.37 bits per heavy atom. The third-order valence-electron chi connectivity index (χ3n) is 4.60. The molecule has 0 aliphatic carbocycles. The highest BCUT2D eigenvalue weighted by atomic mass is 16.2. The molecule has 0 bridgehead atoms. The van der Waals surface area contributed by atoms with Crippen LogP contribution in [-0.2, 0) is 4.79 Å². The van der Waals surface area contributed by atoms with Crippen LogP contribution in [0.5, 0.6) is 0 Å². The van der Waals surface area contributed by atoms with Crippen LogP contribution in [0.3, 0.4) is 0 Å². The van der Waals surface area contributed by atoms with E-state index in [0.717, 1.165) is 32.5 Å². The van der Waals surface area contributed by atoms with Gasteiger partial charge in [-0.15, -0.1) is 0 Å². The first-order chi connectivity index (χ1) is 9.16. The number of piperidine rings is 1. The molecular weight excluding hydrogens is 238 g/mol. The van der Waals surface area contributed by atoms with Crippen molar-refractivity contribution >= 4 is 5.91 Å². The number of hydrogen-bond acceptors (Lipinski definition) is 3. The molecule has 0 aromatic rings. The summed E-state index contributed by atoms with van der Waals surface area (Å²) in [5, 5.41) is 0. The third kappa shape index (κ3) is 4.46. The first-order valence-electron chi connectivity index (χ1n) is 7.94. The molecular formula is C15H29N3O. The summed E-state index contributed by atoms with van der Waals surface area (Å²) in [6.45, 7) is 5.68. The first kappa shape index (κ1) is 14.8. The lowest BCUT2D eigenvalue weighted by Crippen LogP contribution is -2.50. The van der Waals surface area contributed by atoms with E-state index < -0.39 is 0 Å². The van der Waals surface area contributed by atoms with E-state index in [0.29, 0.717) is 24.5 Å². The molecule has 19 heavy (non-hydrogen) atoms. The van der Waals surface area contributed by atoms with E-state index in [-0.39, 0.29) is 0 Å². The highest BCUT2D eigenvalue weighted by molar-refractivity contribution is 5.78. The third-order valence-corrected chi connectivity index (χ3v) is 4.60. The van der Waals surface area contributed by atoms with Gasteiger partial charge >= 0.3 is 0 Å². The average molecular weight is 267 g/mol. The molecule has 2 saturated heterocycles. The van der Waals surface area contributed by atoms with Gasteiger partial charge in [0.1, 0.15) is 0 Å². The Bertz CT molecular complexity index is 287. The number of likely N-dealkylation sites (tertiary alicyclic amines) is 2. The van der Waals surface area contributed by atoms with Gasteiger partial charge in [0, 0.05) is 31.7 Å². The van der Waals surface area contributed by atoms with Crippen molar-refractivity contribution in [2.75, 3.05) is 26.2 Å². The molecule has 4 heteroatoms. The van der Waals surface area contributed by atoms with Crippen molar-refractivity contribution in [1.29, 1.82) is 0 Å². The Labute approximate surface area is 117 Å². The van der Waals surface area contributed by atoms with Gasteiger partial charge in [0.25, 0.3) is 0 Å². The zero-order valence-electron chi connectivity index (χ0n) is 12.3. The van der Waals surface area contributed by atoms with Crippen molar-refractivity contribution in [2.24, 2.45) is 5.73 Å². The molecule has 1 amide bonds. The molecule has 4 nitrogen and oxygen atoms in total. The van der Waals surface area contributed by atoms with Crippen molar-refractivity contribution < 1.29 is 4.79 Å². The monoisotopic (exact) mass is 267 g/mol. The molecule has 0 saturated carbocycles. The fourth-order valence-electron chi connectivity index (χ4n) is 3.26. The minimum Gasteiger partial charge on any atom is -0.342 e. The standard InChI is InChI=1S/C15H29N3O/c1-13-11-14(16)7-10-18(13)12-15(19)17-8-5-3-2-4-6-9-17/h13-14H,2-12,16H2,1H3. The summed E-state index contributed by atoms with van der Waals surface area (Å²) in [6.07, 6.45) is 8.28. The molecule has 2 unspecified atom stereocenters. The molecule has 2 aliphatic heterocycles. The van der Waals surface area contributed by atoms with Gasteiger partial charge in [-0.1, -0.05) is 19.3 Å². The smallest absolute Gasteiger partial charge is 0.236 e. The van der Waals surface area contributed by atoms with Crippen molar-refractivity contribution in [2.45, 2.75) is 64.0 Å². The molecule has 2 fully saturated rings. The van der Waals surface area contributed by atoms with E-state index in [4.69, 9.17) is 5.73 Å². The van der Waals surface area contributed by atoms with Crippen LogP contribution in [-0.4, -0.2) is 54.0 Å². The lowest BCUT2D eigenvalue weighted by molar-refractivity contribution is -0.133. The Morgan fingerprint density at radius 1 is 1.11 bits per heavy atom. The number of rotatable bonds is 2. The lowest BCUT2D eigenvalue weighted by atomic mass is 9.99. The number of carbonyl (C=O) groups excluding carboxylic acids is 1. The van der Waals surface area contributed by atoms with Crippen LogP contribution in [0.25, 0.3) is 0 Å². The minimum atomic E-state index is 0.322. The van der Waals surface area contributed by atoms with Crippen LogP contribution in [0.4, 0.5) is 0 Å². The van der Waals surface area contributed by atoms with Gasteiger partial charge in [0.05, 0.1) is 6.54 Å². The highest BCUT2D eigenvalue weighted by Crippen LogP contribution is 2.16. The van der Waals surface area contributed by atoms with Crippen LogP contribution in [0.15, 0.2) is 0 Å². The zero-order valence-corrected chi connectivity index (χ0v) is 12.3. The summed E-state index contributed by atoms with van der Waals surface area (Å²) >= 11 is 0. The average Bonchev–Trinajstić information content (AvgIpc) is 2.32. The molecule has 110 valence electrons. The van der Waals surface area contributed by atoms with Crippen LogP contribution < -0.4 is 5.73 Å². The SMILES string of the molecule is CC1CC(N)CCN1CC(=O)N1CCCCCCC1. The van der Waals surface area contributed by atoms with Crippen LogP contribution in [0.2, 0.25) is 0 Å².